The molecule has 14 nitrogen and oxygen atoms in total. The van der Waals surface area contributed by atoms with E-state index in [0.717, 1.165) is 30.4 Å². The van der Waals surface area contributed by atoms with Gasteiger partial charge in [-0.1, -0.05) is 6.82 Å². The lowest BCUT2D eigenvalue weighted by Crippen LogP contribution is -2.37. The fourth-order valence-electron chi connectivity index (χ4n) is 3.72. The molecule has 0 saturated heterocycles. The van der Waals surface area contributed by atoms with Gasteiger partial charge in [0.05, 0.1) is 25.4 Å². The molecule has 3 amide bonds. The zero-order valence-electron chi connectivity index (χ0n) is 29.9. The molecule has 48 heavy (non-hydrogen) atoms. The van der Waals surface area contributed by atoms with E-state index in [1.165, 1.54) is 11.7 Å². The second kappa shape index (κ2) is 22.8. The molecule has 0 unspecified atom stereocenters. The van der Waals surface area contributed by atoms with E-state index in [2.05, 4.69) is 32.7 Å². The first-order valence-corrected chi connectivity index (χ1v) is 15.8. The van der Waals surface area contributed by atoms with Crippen LogP contribution in [-0.4, -0.2) is 99.4 Å². The quantitative estimate of drug-likeness (QED) is 0.200. The van der Waals surface area contributed by atoms with E-state index in [0.29, 0.717) is 50.5 Å². The lowest BCUT2D eigenvalue weighted by atomic mass is 10.2. The lowest BCUT2D eigenvalue weighted by Gasteiger charge is -2.26. The number of aromatic nitrogens is 4. The molecule has 3 N–H and O–H groups in total. The largest absolute Gasteiger partial charge is 0.444 e. The van der Waals surface area contributed by atoms with E-state index < -0.39 is 11.2 Å². The zero-order chi connectivity index (χ0) is 36.8. The van der Waals surface area contributed by atoms with Crippen LogP contribution in [0, 0.1) is 0 Å². The number of nitrogens with two attached hydrogens (primary N) is 1. The van der Waals surface area contributed by atoms with Crippen LogP contribution < -0.4 is 11.1 Å². The second-order valence-electron chi connectivity index (χ2n) is 11.9. The number of nitrogens with zero attached hydrogens (tertiary/aromatic N) is 6. The molecule has 0 bridgehead atoms. The topological polar surface area (TPSA) is 175 Å². The maximum absolute atomic E-state index is 12.1. The molecular formula is C33H53BN8O6. The Bertz CT molecular complexity index is 1370. The number of carbonyl (C=O) groups excluding carboxylic acids is 4. The van der Waals surface area contributed by atoms with Crippen LogP contribution >= 0.6 is 0 Å². The van der Waals surface area contributed by atoms with Gasteiger partial charge in [0.25, 0.3) is 0 Å². The Balaban J connectivity index is 0.000000729. The average molecular weight is 669 g/mol. The van der Waals surface area contributed by atoms with Gasteiger partial charge in [-0.15, -0.1) is 0 Å². The minimum Gasteiger partial charge on any atom is -0.444 e. The first-order chi connectivity index (χ1) is 22.6. The van der Waals surface area contributed by atoms with Crippen LogP contribution in [0.1, 0.15) is 68.2 Å². The summed E-state index contributed by atoms with van der Waals surface area (Å²) in [4.78, 5) is 59.1. The van der Waals surface area contributed by atoms with Gasteiger partial charge in [0.15, 0.2) is 11.5 Å². The average Bonchev–Trinajstić information content (AvgIpc) is 3.44. The summed E-state index contributed by atoms with van der Waals surface area (Å²) < 4.78 is 12.6. The molecule has 3 aromatic rings. The number of imidazole rings is 1. The zero-order valence-corrected chi connectivity index (χ0v) is 29.9. The molecule has 0 fully saturated rings. The third kappa shape index (κ3) is 17.9. The molecule has 3 aromatic heterocycles. The van der Waals surface area contributed by atoms with Gasteiger partial charge < -0.3 is 39.7 Å². The van der Waals surface area contributed by atoms with Crippen molar-refractivity contribution in [2.24, 2.45) is 0 Å². The third-order valence-electron chi connectivity index (χ3n) is 5.84. The number of nitrogen functional groups attached to an aromatic ring is 1. The molecule has 0 spiro atoms. The molecule has 0 atom stereocenters. The summed E-state index contributed by atoms with van der Waals surface area (Å²) in [7, 11) is 4.50. The number of carbonyl (C=O) groups is 4. The first-order valence-electron chi connectivity index (χ1n) is 15.8. The number of hydrogen-bond acceptors (Lipinski definition) is 10. The Morgan fingerprint density at radius 2 is 1.44 bits per heavy atom. The van der Waals surface area contributed by atoms with Crippen molar-refractivity contribution in [3.05, 3.63) is 43.0 Å². The number of fused-ring (bicyclic) bond motifs is 1. The Morgan fingerprint density at radius 1 is 0.896 bits per heavy atom. The maximum Gasteiger partial charge on any atom is 0.410 e. The molecule has 3 rings (SSSR count). The smallest absolute Gasteiger partial charge is 0.410 e. The van der Waals surface area contributed by atoms with Gasteiger partial charge >= 0.3 is 12.2 Å². The summed E-state index contributed by atoms with van der Waals surface area (Å²) in [5.74, 6) is 0.400. The predicted octanol–water partition coefficient (Wildman–Crippen LogP) is 5.35. The van der Waals surface area contributed by atoms with E-state index >= 15 is 0 Å². The number of hydrogen-bond donors (Lipinski definition) is 2. The predicted molar refractivity (Wildman–Crippen MR) is 190 cm³/mol. The highest BCUT2D eigenvalue weighted by molar-refractivity contribution is 6.05. The molecule has 0 aliphatic rings. The van der Waals surface area contributed by atoms with Crippen LogP contribution in [0.25, 0.3) is 11.2 Å². The minimum atomic E-state index is -0.480. The van der Waals surface area contributed by atoms with Gasteiger partial charge in [-0.2, -0.15) is 0 Å². The second-order valence-corrected chi connectivity index (χ2v) is 11.9. The van der Waals surface area contributed by atoms with E-state index in [-0.39, 0.29) is 12.2 Å². The molecule has 0 aromatic carbocycles. The van der Waals surface area contributed by atoms with Crippen molar-refractivity contribution in [2.75, 3.05) is 37.2 Å². The van der Waals surface area contributed by atoms with E-state index in [1.807, 2.05) is 67.5 Å². The van der Waals surface area contributed by atoms with Crippen molar-refractivity contribution in [1.29, 1.82) is 0 Å². The molecule has 15 heteroatoms. The number of aldehydes is 1. The lowest BCUT2D eigenvalue weighted by molar-refractivity contribution is -0.108. The molecular weight excluding hydrogens is 615 g/mol. The first kappa shape index (κ1) is 43.3. The van der Waals surface area contributed by atoms with Crippen molar-refractivity contribution in [2.45, 2.75) is 92.8 Å². The highest BCUT2D eigenvalue weighted by Gasteiger charge is 2.21. The van der Waals surface area contributed by atoms with Gasteiger partial charge in [0.2, 0.25) is 6.41 Å². The highest BCUT2D eigenvalue weighted by atomic mass is 16.6. The SMILES string of the molecule is CCN(CCC=O)C(=O)OC(C)(C)C.CCN(CCCn1cnc2ncccc21)C(=O)OC(C)(C)C.Nc1cccnc1NC=O.[B]C. The fraction of sp³-hybridized carbons (Fsp3) is 0.545. The Kier molecular flexibility index (Phi) is 20.6. The summed E-state index contributed by atoms with van der Waals surface area (Å²) in [6.07, 6.45) is 7.01. The van der Waals surface area contributed by atoms with Crippen molar-refractivity contribution < 1.29 is 28.7 Å². The summed E-state index contributed by atoms with van der Waals surface area (Å²) in [5.41, 5.74) is 6.72. The number of nitrogens with one attached hydrogen (secondary N) is 1. The van der Waals surface area contributed by atoms with Crippen molar-refractivity contribution in [3.63, 3.8) is 0 Å². The Morgan fingerprint density at radius 3 is 1.94 bits per heavy atom. The number of anilines is 2. The van der Waals surface area contributed by atoms with Crippen LogP contribution in [-0.2, 0) is 25.6 Å². The van der Waals surface area contributed by atoms with E-state index in [4.69, 9.17) is 15.2 Å². The van der Waals surface area contributed by atoms with E-state index in [1.54, 1.807) is 35.8 Å². The molecule has 264 valence electrons. The van der Waals surface area contributed by atoms with Gasteiger partial charge in [0, 0.05) is 51.5 Å². The Hall–Kier alpha value is -4.69. The monoisotopic (exact) mass is 668 g/mol. The maximum atomic E-state index is 12.1. The number of ether oxygens (including phenoxy) is 2. The van der Waals surface area contributed by atoms with Gasteiger partial charge in [-0.05, 0) is 86.1 Å². The molecule has 0 aliphatic heterocycles. The third-order valence-corrected chi connectivity index (χ3v) is 5.84. The summed E-state index contributed by atoms with van der Waals surface area (Å²) in [6, 6.07) is 7.27. The molecule has 3 heterocycles. The number of amides is 3. The normalized spacial score (nSPS) is 10.4. The van der Waals surface area contributed by atoms with Gasteiger partial charge in [-0.3, -0.25) is 4.79 Å². The molecule has 0 aliphatic carbocycles. The van der Waals surface area contributed by atoms with Crippen LogP contribution in [0.4, 0.5) is 21.1 Å². The van der Waals surface area contributed by atoms with Gasteiger partial charge in [0.1, 0.15) is 17.5 Å². The molecule has 0 saturated carbocycles. The number of aryl methyl sites for hydroxylation is 1. The van der Waals surface area contributed by atoms with E-state index in [9.17, 15) is 19.2 Å². The number of pyridine rings is 2. The minimum absolute atomic E-state index is 0.257. The van der Waals surface area contributed by atoms with Gasteiger partial charge in [-0.25, -0.2) is 24.5 Å². The highest BCUT2D eigenvalue weighted by Crippen LogP contribution is 2.13. The van der Waals surface area contributed by atoms with Crippen LogP contribution in [0.3, 0.4) is 0 Å². The summed E-state index contributed by atoms with van der Waals surface area (Å²) in [5, 5.41) is 2.36. The fourth-order valence-corrected chi connectivity index (χ4v) is 3.72. The summed E-state index contributed by atoms with van der Waals surface area (Å²) >= 11 is 0. The van der Waals surface area contributed by atoms with Crippen molar-refractivity contribution >= 4 is 55.4 Å². The number of rotatable bonds is 11. The summed E-state index contributed by atoms with van der Waals surface area (Å²) in [6.45, 7) is 19.5. The van der Waals surface area contributed by atoms with Crippen molar-refractivity contribution in [3.8, 4) is 0 Å². The Labute approximate surface area is 286 Å². The van der Waals surface area contributed by atoms with Crippen LogP contribution in [0.2, 0.25) is 6.82 Å². The van der Waals surface area contributed by atoms with Crippen LogP contribution in [0.15, 0.2) is 43.0 Å². The standard InChI is InChI=1S/C16H24N4O2.C10H19NO3.C6H7N3O.CH3B/c1-5-19(15(21)22-16(2,3)4)10-7-11-20-12-18-14-13(20)8-6-9-17-14;1-5-11(7-6-8-12)9(13)14-10(2,3)4;7-5-2-1-3-8-6(5)9-4-10;1-2/h6,8-9,12H,5,7,10-11H2,1-4H3;8H,5-7H2,1-4H3;1-4H,7H2,(H,8,9,10);1H3. The van der Waals surface area contributed by atoms with Crippen LogP contribution in [0.5, 0.6) is 0 Å². The molecule has 2 radical (unpaired) electrons. The van der Waals surface area contributed by atoms with Crippen molar-refractivity contribution in [1.82, 2.24) is 29.3 Å².